The van der Waals surface area contributed by atoms with Crippen molar-refractivity contribution in [3.63, 3.8) is 0 Å². The van der Waals surface area contributed by atoms with Crippen LogP contribution in [0.5, 0.6) is 0 Å². The number of hydrogen-bond acceptors (Lipinski definition) is 4. The van der Waals surface area contributed by atoms with E-state index in [0.717, 1.165) is 17.6 Å². The monoisotopic (exact) mass is 371 g/mol. The maximum absolute atomic E-state index is 12.6. The van der Waals surface area contributed by atoms with Crippen LogP contribution in [0.25, 0.3) is 11.1 Å². The minimum atomic E-state index is -0.175. The third-order valence-corrected chi connectivity index (χ3v) is 4.53. The third-order valence-electron chi connectivity index (χ3n) is 4.53. The highest BCUT2D eigenvalue weighted by Crippen LogP contribution is 2.22. The molecule has 0 spiro atoms. The maximum atomic E-state index is 12.6. The first kappa shape index (κ1) is 17.9. The van der Waals surface area contributed by atoms with Crippen LogP contribution < -0.4 is 5.32 Å². The number of carbonyl (C=O) groups excluding carboxylic acids is 1. The molecular formula is C23H21N3O2. The van der Waals surface area contributed by atoms with E-state index in [0.29, 0.717) is 17.0 Å². The molecule has 4 aromatic rings. The second-order valence-corrected chi connectivity index (χ2v) is 7.07. The molecule has 2 heterocycles. The number of anilines is 1. The molecule has 0 radical (unpaired) electrons. The smallest absolute Gasteiger partial charge is 0.255 e. The lowest BCUT2D eigenvalue weighted by Gasteiger charge is -2.07. The summed E-state index contributed by atoms with van der Waals surface area (Å²) in [5.41, 5.74) is 5.06. The van der Waals surface area contributed by atoms with E-state index in [-0.39, 0.29) is 11.8 Å². The lowest BCUT2D eigenvalue weighted by Crippen LogP contribution is -2.11. The standard InChI is InChI=1S/C23H21N3O2/c1-15(2)23-26-20-8-5-18(14-21(20)28-23)22(27)25-19-6-3-16(4-7-19)13-17-9-11-24-12-10-17/h3-12,14-15H,13H2,1-2H3,(H,25,27). The summed E-state index contributed by atoms with van der Waals surface area (Å²) in [4.78, 5) is 21.1. The molecule has 0 aliphatic carbocycles. The largest absolute Gasteiger partial charge is 0.440 e. The Hall–Kier alpha value is -3.47. The van der Waals surface area contributed by atoms with Gasteiger partial charge in [-0.25, -0.2) is 4.98 Å². The molecule has 28 heavy (non-hydrogen) atoms. The Morgan fingerprint density at radius 3 is 2.43 bits per heavy atom. The van der Waals surface area contributed by atoms with Gasteiger partial charge < -0.3 is 9.73 Å². The van der Waals surface area contributed by atoms with Crippen molar-refractivity contribution in [1.82, 2.24) is 9.97 Å². The zero-order valence-electron chi connectivity index (χ0n) is 15.8. The van der Waals surface area contributed by atoms with Gasteiger partial charge in [-0.3, -0.25) is 9.78 Å². The Morgan fingerprint density at radius 2 is 1.71 bits per heavy atom. The van der Waals surface area contributed by atoms with E-state index in [1.807, 2.05) is 56.3 Å². The molecule has 0 aliphatic rings. The number of benzene rings is 2. The Labute approximate surface area is 163 Å². The van der Waals surface area contributed by atoms with Crippen LogP contribution in [0.1, 0.15) is 47.1 Å². The van der Waals surface area contributed by atoms with Crippen LogP contribution in [-0.2, 0) is 6.42 Å². The van der Waals surface area contributed by atoms with E-state index in [1.165, 1.54) is 11.1 Å². The van der Waals surface area contributed by atoms with E-state index in [4.69, 9.17) is 4.42 Å². The first-order chi connectivity index (χ1) is 13.6. The number of nitrogens with one attached hydrogen (secondary N) is 1. The van der Waals surface area contributed by atoms with Gasteiger partial charge in [-0.2, -0.15) is 0 Å². The molecule has 140 valence electrons. The van der Waals surface area contributed by atoms with Crippen molar-refractivity contribution in [2.75, 3.05) is 5.32 Å². The van der Waals surface area contributed by atoms with Crippen LogP contribution in [-0.4, -0.2) is 15.9 Å². The summed E-state index contributed by atoms with van der Waals surface area (Å²) in [6.45, 7) is 4.05. The molecule has 5 nitrogen and oxygen atoms in total. The van der Waals surface area contributed by atoms with E-state index >= 15 is 0 Å². The van der Waals surface area contributed by atoms with Gasteiger partial charge in [0.05, 0.1) is 0 Å². The predicted molar refractivity (Wildman–Crippen MR) is 110 cm³/mol. The van der Waals surface area contributed by atoms with Gasteiger partial charge in [0.25, 0.3) is 5.91 Å². The molecule has 0 unspecified atom stereocenters. The Morgan fingerprint density at radius 1 is 1.00 bits per heavy atom. The Balaban J connectivity index is 1.46. The molecule has 0 fully saturated rings. The summed E-state index contributed by atoms with van der Waals surface area (Å²) < 4.78 is 5.75. The number of fused-ring (bicyclic) bond motifs is 1. The molecule has 1 amide bonds. The van der Waals surface area contributed by atoms with Gasteiger partial charge in [0.2, 0.25) is 0 Å². The maximum Gasteiger partial charge on any atom is 0.255 e. The molecule has 0 atom stereocenters. The summed E-state index contributed by atoms with van der Waals surface area (Å²) in [5.74, 6) is 0.707. The normalized spacial score (nSPS) is 11.1. The number of hydrogen-bond donors (Lipinski definition) is 1. The van der Waals surface area contributed by atoms with E-state index in [1.54, 1.807) is 24.5 Å². The molecule has 0 bridgehead atoms. The van der Waals surface area contributed by atoms with Crippen molar-refractivity contribution < 1.29 is 9.21 Å². The highest BCUT2D eigenvalue weighted by molar-refractivity contribution is 6.05. The van der Waals surface area contributed by atoms with Crippen LogP contribution in [0.2, 0.25) is 0 Å². The fourth-order valence-electron chi connectivity index (χ4n) is 2.98. The zero-order valence-corrected chi connectivity index (χ0v) is 15.8. The number of nitrogens with zero attached hydrogens (tertiary/aromatic N) is 2. The van der Waals surface area contributed by atoms with Gasteiger partial charge in [-0.05, 0) is 60.0 Å². The van der Waals surface area contributed by atoms with Crippen LogP contribution in [0.3, 0.4) is 0 Å². The van der Waals surface area contributed by atoms with Crippen molar-refractivity contribution >= 4 is 22.7 Å². The van der Waals surface area contributed by atoms with Gasteiger partial charge in [0.15, 0.2) is 11.5 Å². The Bertz CT molecular complexity index is 1100. The summed E-state index contributed by atoms with van der Waals surface area (Å²) >= 11 is 0. The van der Waals surface area contributed by atoms with Crippen molar-refractivity contribution in [2.45, 2.75) is 26.2 Å². The van der Waals surface area contributed by atoms with Crippen molar-refractivity contribution in [2.24, 2.45) is 0 Å². The second-order valence-electron chi connectivity index (χ2n) is 7.07. The minimum Gasteiger partial charge on any atom is -0.440 e. The topological polar surface area (TPSA) is 68.0 Å². The first-order valence-corrected chi connectivity index (χ1v) is 9.28. The molecular weight excluding hydrogens is 350 g/mol. The van der Waals surface area contributed by atoms with Crippen LogP contribution in [0, 0.1) is 0 Å². The average Bonchev–Trinajstić information content (AvgIpc) is 3.14. The van der Waals surface area contributed by atoms with E-state index in [9.17, 15) is 4.79 Å². The fourth-order valence-corrected chi connectivity index (χ4v) is 2.98. The van der Waals surface area contributed by atoms with Gasteiger partial charge in [0, 0.05) is 29.6 Å². The molecule has 5 heteroatoms. The van der Waals surface area contributed by atoms with E-state index < -0.39 is 0 Å². The van der Waals surface area contributed by atoms with Gasteiger partial charge in [-0.15, -0.1) is 0 Å². The predicted octanol–water partition coefficient (Wildman–Crippen LogP) is 5.19. The summed E-state index contributed by atoms with van der Waals surface area (Å²) in [7, 11) is 0. The zero-order chi connectivity index (χ0) is 19.5. The first-order valence-electron chi connectivity index (χ1n) is 9.28. The molecule has 0 aliphatic heterocycles. The molecule has 1 N–H and O–H groups in total. The second kappa shape index (κ2) is 7.64. The van der Waals surface area contributed by atoms with Gasteiger partial charge >= 0.3 is 0 Å². The van der Waals surface area contributed by atoms with E-state index in [2.05, 4.69) is 15.3 Å². The molecule has 4 rings (SSSR count). The van der Waals surface area contributed by atoms with Crippen molar-refractivity contribution in [1.29, 1.82) is 0 Å². The Kier molecular flexibility index (Phi) is 4.89. The molecule has 2 aromatic heterocycles. The number of oxazole rings is 1. The highest BCUT2D eigenvalue weighted by atomic mass is 16.3. The summed E-state index contributed by atoms with van der Waals surface area (Å²) in [6.07, 6.45) is 4.41. The minimum absolute atomic E-state index is 0.175. The van der Waals surface area contributed by atoms with Gasteiger partial charge in [-0.1, -0.05) is 26.0 Å². The van der Waals surface area contributed by atoms with Crippen molar-refractivity contribution in [3.8, 4) is 0 Å². The van der Waals surface area contributed by atoms with Crippen molar-refractivity contribution in [3.05, 3.63) is 89.6 Å². The lowest BCUT2D eigenvalue weighted by molar-refractivity contribution is 0.102. The fraction of sp³-hybridized carbons (Fsp3) is 0.174. The highest BCUT2D eigenvalue weighted by Gasteiger charge is 2.13. The average molecular weight is 371 g/mol. The SMILES string of the molecule is CC(C)c1nc2ccc(C(=O)Nc3ccc(Cc4ccncc4)cc3)cc2o1. The van der Waals surface area contributed by atoms with Crippen LogP contribution in [0.15, 0.2) is 71.4 Å². The number of rotatable bonds is 5. The molecule has 2 aromatic carbocycles. The van der Waals surface area contributed by atoms with Crippen LogP contribution in [0.4, 0.5) is 5.69 Å². The van der Waals surface area contributed by atoms with Gasteiger partial charge in [0.1, 0.15) is 5.52 Å². The lowest BCUT2D eigenvalue weighted by atomic mass is 10.1. The molecule has 0 saturated heterocycles. The quantitative estimate of drug-likeness (QED) is 0.524. The third kappa shape index (κ3) is 3.93. The summed E-state index contributed by atoms with van der Waals surface area (Å²) in [6, 6.07) is 17.2. The number of carbonyl (C=O) groups is 1. The number of pyridine rings is 1. The molecule has 0 saturated carbocycles. The summed E-state index contributed by atoms with van der Waals surface area (Å²) in [5, 5.41) is 2.93. The number of aromatic nitrogens is 2. The van der Waals surface area contributed by atoms with Crippen LogP contribution >= 0.6 is 0 Å². The number of amides is 1.